The fourth-order valence-electron chi connectivity index (χ4n) is 3.27. The van der Waals surface area contributed by atoms with E-state index in [0.29, 0.717) is 29.7 Å². The summed E-state index contributed by atoms with van der Waals surface area (Å²) in [5.41, 5.74) is 1.32. The highest BCUT2D eigenvalue weighted by molar-refractivity contribution is 5.98. The minimum Gasteiger partial charge on any atom is -0.335 e. The number of carbonyl (C=O) groups excluding carboxylic acids is 2. The molecule has 0 bridgehead atoms. The third-order valence-corrected chi connectivity index (χ3v) is 4.78. The Labute approximate surface area is 157 Å². The molecule has 144 valence electrons. The second-order valence-corrected chi connectivity index (χ2v) is 6.55. The lowest BCUT2D eigenvalue weighted by atomic mass is 10.1. The Kier molecular flexibility index (Phi) is 4.42. The standard InChI is InChI=1S/C19H16F2N4O3/c20-13-3-1-11(9-14(13)21)17(26)24-5-7-25(8-6-24)18(27)12-2-4-15-16(10-12)23-19(28)22-15/h1-4,9-10H,5-8H2,(H2,22,23,28). The molecule has 0 atom stereocenters. The van der Waals surface area contributed by atoms with Crippen LogP contribution in [0.1, 0.15) is 20.7 Å². The summed E-state index contributed by atoms with van der Waals surface area (Å²) in [5.74, 6) is -2.69. The Hall–Kier alpha value is -3.49. The van der Waals surface area contributed by atoms with Crippen LogP contribution in [0.3, 0.4) is 0 Å². The molecule has 2 aromatic carbocycles. The molecule has 0 spiro atoms. The molecule has 1 aliphatic rings. The number of piperazine rings is 1. The largest absolute Gasteiger partial charge is 0.335 e. The maximum atomic E-state index is 13.4. The molecule has 4 rings (SSSR count). The highest BCUT2D eigenvalue weighted by Gasteiger charge is 2.26. The number of benzene rings is 2. The summed E-state index contributed by atoms with van der Waals surface area (Å²) in [5, 5.41) is 0. The van der Waals surface area contributed by atoms with E-state index >= 15 is 0 Å². The van der Waals surface area contributed by atoms with Crippen LogP contribution < -0.4 is 5.69 Å². The van der Waals surface area contributed by atoms with Crippen LogP contribution in [0.25, 0.3) is 11.0 Å². The molecule has 0 saturated carbocycles. The number of fused-ring (bicyclic) bond motifs is 1. The summed E-state index contributed by atoms with van der Waals surface area (Å²) < 4.78 is 26.4. The van der Waals surface area contributed by atoms with Crippen LogP contribution >= 0.6 is 0 Å². The van der Waals surface area contributed by atoms with Crippen LogP contribution in [0, 0.1) is 11.6 Å². The monoisotopic (exact) mass is 386 g/mol. The molecule has 2 N–H and O–H groups in total. The van der Waals surface area contributed by atoms with Crippen molar-refractivity contribution in [1.82, 2.24) is 19.8 Å². The first kappa shape index (κ1) is 17.9. The first-order chi connectivity index (χ1) is 13.4. The summed E-state index contributed by atoms with van der Waals surface area (Å²) in [6.45, 7) is 1.20. The van der Waals surface area contributed by atoms with Crippen LogP contribution in [-0.4, -0.2) is 57.8 Å². The lowest BCUT2D eigenvalue weighted by Crippen LogP contribution is -2.50. The predicted molar refractivity (Wildman–Crippen MR) is 97.1 cm³/mol. The molecule has 0 radical (unpaired) electrons. The topological polar surface area (TPSA) is 89.3 Å². The van der Waals surface area contributed by atoms with E-state index in [0.717, 1.165) is 12.1 Å². The molecular weight excluding hydrogens is 370 g/mol. The number of carbonyl (C=O) groups is 2. The zero-order chi connectivity index (χ0) is 19.8. The van der Waals surface area contributed by atoms with Crippen molar-refractivity contribution in [2.24, 2.45) is 0 Å². The fraction of sp³-hybridized carbons (Fsp3) is 0.211. The Morgan fingerprint density at radius 3 is 1.89 bits per heavy atom. The number of rotatable bonds is 2. The highest BCUT2D eigenvalue weighted by Crippen LogP contribution is 2.16. The van der Waals surface area contributed by atoms with Gasteiger partial charge in [-0.25, -0.2) is 13.6 Å². The Morgan fingerprint density at radius 1 is 0.750 bits per heavy atom. The third kappa shape index (κ3) is 3.26. The number of aromatic amines is 2. The number of amides is 2. The normalized spacial score (nSPS) is 14.5. The number of H-pyrrole nitrogens is 2. The molecule has 2 heterocycles. The quantitative estimate of drug-likeness (QED) is 0.703. The number of hydrogen-bond donors (Lipinski definition) is 2. The first-order valence-electron chi connectivity index (χ1n) is 8.68. The van der Waals surface area contributed by atoms with Gasteiger partial charge >= 0.3 is 5.69 Å². The van der Waals surface area contributed by atoms with Gasteiger partial charge in [-0.2, -0.15) is 0 Å². The van der Waals surface area contributed by atoms with Gasteiger partial charge in [-0.15, -0.1) is 0 Å². The maximum Gasteiger partial charge on any atom is 0.323 e. The van der Waals surface area contributed by atoms with Gasteiger partial charge in [0.2, 0.25) is 0 Å². The minimum atomic E-state index is -1.07. The zero-order valence-electron chi connectivity index (χ0n) is 14.7. The van der Waals surface area contributed by atoms with Crippen LogP contribution in [-0.2, 0) is 0 Å². The average molecular weight is 386 g/mol. The van der Waals surface area contributed by atoms with Crippen LogP contribution in [0.2, 0.25) is 0 Å². The van der Waals surface area contributed by atoms with Gasteiger partial charge in [-0.1, -0.05) is 0 Å². The first-order valence-corrected chi connectivity index (χ1v) is 8.68. The molecule has 3 aromatic rings. The molecule has 28 heavy (non-hydrogen) atoms. The number of hydrogen-bond acceptors (Lipinski definition) is 3. The van der Waals surface area contributed by atoms with Crippen molar-refractivity contribution in [2.45, 2.75) is 0 Å². The van der Waals surface area contributed by atoms with E-state index in [9.17, 15) is 23.2 Å². The predicted octanol–water partition coefficient (Wildman–Crippen LogP) is 1.73. The molecule has 0 unspecified atom stereocenters. The van der Waals surface area contributed by atoms with Gasteiger partial charge in [0.05, 0.1) is 11.0 Å². The zero-order valence-corrected chi connectivity index (χ0v) is 14.7. The smallest absolute Gasteiger partial charge is 0.323 e. The summed E-state index contributed by atoms with van der Waals surface area (Å²) >= 11 is 0. The molecule has 0 aliphatic carbocycles. The van der Waals surface area contributed by atoms with Crippen LogP contribution in [0.15, 0.2) is 41.2 Å². The number of nitrogens with one attached hydrogen (secondary N) is 2. The van der Waals surface area contributed by atoms with Gasteiger partial charge in [0, 0.05) is 37.3 Å². The molecule has 7 nitrogen and oxygen atoms in total. The minimum absolute atomic E-state index is 0.0699. The third-order valence-electron chi connectivity index (χ3n) is 4.78. The van der Waals surface area contributed by atoms with Gasteiger partial charge < -0.3 is 19.8 Å². The van der Waals surface area contributed by atoms with Gasteiger partial charge in [-0.3, -0.25) is 9.59 Å². The summed E-state index contributed by atoms with van der Waals surface area (Å²) in [6.07, 6.45) is 0. The maximum absolute atomic E-state index is 13.4. The Bertz CT molecular complexity index is 1130. The van der Waals surface area contributed by atoms with E-state index in [1.165, 1.54) is 11.0 Å². The molecule has 9 heteroatoms. The van der Waals surface area contributed by atoms with Crippen LogP contribution in [0.4, 0.5) is 8.78 Å². The van der Waals surface area contributed by atoms with Crippen molar-refractivity contribution in [3.63, 3.8) is 0 Å². The van der Waals surface area contributed by atoms with Crippen molar-refractivity contribution < 1.29 is 18.4 Å². The fourth-order valence-corrected chi connectivity index (χ4v) is 3.27. The molecule has 1 fully saturated rings. The van der Waals surface area contributed by atoms with Crippen molar-refractivity contribution in [2.75, 3.05) is 26.2 Å². The van der Waals surface area contributed by atoms with E-state index in [1.54, 1.807) is 23.1 Å². The van der Waals surface area contributed by atoms with Crippen molar-refractivity contribution in [3.8, 4) is 0 Å². The molecule has 1 saturated heterocycles. The van der Waals surface area contributed by atoms with E-state index in [2.05, 4.69) is 9.97 Å². The van der Waals surface area contributed by atoms with E-state index in [1.807, 2.05) is 0 Å². The average Bonchev–Trinajstić information content (AvgIpc) is 3.08. The Balaban J connectivity index is 1.43. The van der Waals surface area contributed by atoms with Crippen molar-refractivity contribution in [3.05, 3.63) is 69.6 Å². The van der Waals surface area contributed by atoms with Gasteiger partial charge in [-0.05, 0) is 36.4 Å². The van der Waals surface area contributed by atoms with Gasteiger partial charge in [0.25, 0.3) is 11.8 Å². The number of aromatic nitrogens is 2. The summed E-state index contributed by atoms with van der Waals surface area (Å²) in [6, 6.07) is 7.93. The van der Waals surface area contributed by atoms with Crippen molar-refractivity contribution >= 4 is 22.8 Å². The van der Waals surface area contributed by atoms with E-state index in [-0.39, 0.29) is 30.2 Å². The molecule has 1 aromatic heterocycles. The molecular formula is C19H16F2N4O3. The highest BCUT2D eigenvalue weighted by atomic mass is 19.2. The SMILES string of the molecule is O=C(c1ccc(F)c(F)c1)N1CCN(C(=O)c2ccc3[nH]c(=O)[nH]c3c2)CC1. The van der Waals surface area contributed by atoms with Gasteiger partial charge in [0.1, 0.15) is 0 Å². The lowest BCUT2D eigenvalue weighted by molar-refractivity contribution is 0.0535. The second kappa shape index (κ2) is 6.91. The summed E-state index contributed by atoms with van der Waals surface area (Å²) in [4.78, 5) is 44.8. The second-order valence-electron chi connectivity index (χ2n) is 6.55. The summed E-state index contributed by atoms with van der Waals surface area (Å²) in [7, 11) is 0. The van der Waals surface area contributed by atoms with Crippen LogP contribution in [0.5, 0.6) is 0 Å². The molecule has 1 aliphatic heterocycles. The Morgan fingerprint density at radius 2 is 1.29 bits per heavy atom. The number of nitrogens with zero attached hydrogens (tertiary/aromatic N) is 2. The number of halogens is 2. The van der Waals surface area contributed by atoms with E-state index < -0.39 is 17.5 Å². The lowest BCUT2D eigenvalue weighted by Gasteiger charge is -2.34. The van der Waals surface area contributed by atoms with Gasteiger partial charge in [0.15, 0.2) is 11.6 Å². The van der Waals surface area contributed by atoms with E-state index in [4.69, 9.17) is 0 Å². The number of imidazole rings is 1. The van der Waals surface area contributed by atoms with Crippen molar-refractivity contribution in [1.29, 1.82) is 0 Å². The molecule has 2 amide bonds.